The lowest BCUT2D eigenvalue weighted by Gasteiger charge is -2.63. The molecular formula is C27H44O3. The summed E-state index contributed by atoms with van der Waals surface area (Å²) >= 11 is 0. The van der Waals surface area contributed by atoms with E-state index in [-0.39, 0.29) is 34.6 Å². The molecule has 11 atom stereocenters. The van der Waals surface area contributed by atoms with Crippen molar-refractivity contribution in [2.75, 3.05) is 0 Å². The van der Waals surface area contributed by atoms with Crippen LogP contribution in [0.15, 0.2) is 0 Å². The summed E-state index contributed by atoms with van der Waals surface area (Å²) in [7, 11) is 0. The number of hydrogen-bond donors (Lipinski definition) is 2. The molecule has 5 aliphatic carbocycles. The normalized spacial score (nSPS) is 63.1. The molecular weight excluding hydrogens is 372 g/mol. The van der Waals surface area contributed by atoms with E-state index in [9.17, 15) is 10.2 Å². The standard InChI is InChI=1S/C27H44O3/c1-6-16-7-8-17-21(30-16)22(29)25(5)19-10-9-18-23(2,3)20(28)11-12-26(18)15-27(19,26)14-13-24(17,25)4/h16-22,28-29H,6-15H2,1-5H3. The summed E-state index contributed by atoms with van der Waals surface area (Å²) in [6.07, 6.45) is 12.0. The molecule has 2 spiro atoms. The molecule has 1 aliphatic heterocycles. The SMILES string of the molecule is CCC1CCC2C(O1)C(O)C1(C)C3CCC4C(C)(C)C(O)CCC45CC35CCC21C. The number of ether oxygens (including phenoxy) is 1. The lowest BCUT2D eigenvalue weighted by molar-refractivity contribution is -0.182. The fraction of sp³-hybridized carbons (Fsp3) is 1.00. The monoisotopic (exact) mass is 416 g/mol. The van der Waals surface area contributed by atoms with E-state index in [2.05, 4.69) is 34.6 Å². The summed E-state index contributed by atoms with van der Waals surface area (Å²) in [5.41, 5.74) is 1.06. The molecule has 1 saturated heterocycles. The summed E-state index contributed by atoms with van der Waals surface area (Å²) in [5.74, 6) is 1.80. The van der Waals surface area contributed by atoms with Gasteiger partial charge in [-0.15, -0.1) is 0 Å². The van der Waals surface area contributed by atoms with Crippen molar-refractivity contribution in [1.82, 2.24) is 0 Å². The van der Waals surface area contributed by atoms with Crippen LogP contribution in [-0.4, -0.2) is 34.6 Å². The first kappa shape index (κ1) is 20.5. The second-order valence-electron chi connectivity index (χ2n) is 13.5. The molecule has 1 heterocycles. The second-order valence-corrected chi connectivity index (χ2v) is 13.5. The van der Waals surface area contributed by atoms with Crippen molar-refractivity contribution in [3.8, 4) is 0 Å². The van der Waals surface area contributed by atoms with Gasteiger partial charge in [-0.05, 0) is 104 Å². The van der Waals surface area contributed by atoms with Crippen LogP contribution in [0, 0.1) is 44.8 Å². The third-order valence-corrected chi connectivity index (χ3v) is 13.0. The zero-order chi connectivity index (χ0) is 21.3. The predicted molar refractivity (Wildman–Crippen MR) is 118 cm³/mol. The molecule has 6 aliphatic rings. The van der Waals surface area contributed by atoms with Crippen LogP contribution < -0.4 is 0 Å². The zero-order valence-corrected chi connectivity index (χ0v) is 19.9. The van der Waals surface area contributed by atoms with E-state index in [0.717, 1.165) is 12.8 Å². The minimum absolute atomic E-state index is 0.0299. The van der Waals surface area contributed by atoms with Crippen molar-refractivity contribution < 1.29 is 14.9 Å². The van der Waals surface area contributed by atoms with Gasteiger partial charge in [0.25, 0.3) is 0 Å². The maximum Gasteiger partial charge on any atom is 0.0876 e. The Bertz CT molecular complexity index is 748. The molecule has 3 heteroatoms. The first-order valence-electron chi connectivity index (χ1n) is 13.1. The maximum absolute atomic E-state index is 11.9. The minimum Gasteiger partial charge on any atom is -0.393 e. The third-order valence-electron chi connectivity index (χ3n) is 13.0. The van der Waals surface area contributed by atoms with Gasteiger partial charge in [-0.25, -0.2) is 0 Å². The Morgan fingerprint density at radius 2 is 1.53 bits per heavy atom. The molecule has 0 bridgehead atoms. The van der Waals surface area contributed by atoms with Gasteiger partial charge in [-0.2, -0.15) is 0 Å². The highest BCUT2D eigenvalue weighted by Gasteiger charge is 2.84. The van der Waals surface area contributed by atoms with Crippen molar-refractivity contribution in [2.24, 2.45) is 44.8 Å². The van der Waals surface area contributed by atoms with E-state index < -0.39 is 0 Å². The summed E-state index contributed by atoms with van der Waals surface area (Å²) in [6.45, 7) is 11.9. The smallest absolute Gasteiger partial charge is 0.0876 e. The molecule has 3 nitrogen and oxygen atoms in total. The van der Waals surface area contributed by atoms with E-state index in [4.69, 9.17) is 4.74 Å². The number of fused-ring (bicyclic) bond motifs is 4. The van der Waals surface area contributed by atoms with Gasteiger partial charge in [-0.3, -0.25) is 0 Å². The summed E-state index contributed by atoms with van der Waals surface area (Å²) in [4.78, 5) is 0. The van der Waals surface area contributed by atoms with E-state index in [1.807, 2.05) is 0 Å². The van der Waals surface area contributed by atoms with Crippen molar-refractivity contribution >= 4 is 0 Å². The Kier molecular flexibility index (Phi) is 4.00. The lowest BCUT2D eigenvalue weighted by Crippen LogP contribution is -2.59. The quantitative estimate of drug-likeness (QED) is 0.608. The van der Waals surface area contributed by atoms with Crippen LogP contribution >= 0.6 is 0 Å². The van der Waals surface area contributed by atoms with Gasteiger partial charge in [0.1, 0.15) is 0 Å². The van der Waals surface area contributed by atoms with Gasteiger partial charge in [0.05, 0.1) is 24.4 Å². The van der Waals surface area contributed by atoms with E-state index in [1.165, 1.54) is 51.4 Å². The zero-order valence-electron chi connectivity index (χ0n) is 19.9. The highest BCUT2D eigenvalue weighted by Crippen LogP contribution is 2.89. The summed E-state index contributed by atoms with van der Waals surface area (Å²) in [5, 5.41) is 22.7. The average molecular weight is 417 g/mol. The second kappa shape index (κ2) is 5.86. The molecule has 0 amide bonds. The fourth-order valence-electron chi connectivity index (χ4n) is 11.1. The Labute approximate surface area is 183 Å². The third kappa shape index (κ3) is 1.98. The van der Waals surface area contributed by atoms with Crippen LogP contribution in [0.4, 0.5) is 0 Å². The van der Waals surface area contributed by atoms with Crippen LogP contribution in [0.25, 0.3) is 0 Å². The van der Waals surface area contributed by atoms with Crippen LogP contribution in [-0.2, 0) is 4.74 Å². The van der Waals surface area contributed by atoms with Gasteiger partial charge in [0.2, 0.25) is 0 Å². The Morgan fingerprint density at radius 3 is 2.27 bits per heavy atom. The van der Waals surface area contributed by atoms with Crippen molar-refractivity contribution in [2.45, 2.75) is 123 Å². The molecule has 0 radical (unpaired) electrons. The molecule has 0 aromatic heterocycles. The summed E-state index contributed by atoms with van der Waals surface area (Å²) < 4.78 is 6.59. The summed E-state index contributed by atoms with van der Waals surface area (Å²) in [6, 6.07) is 0. The largest absolute Gasteiger partial charge is 0.393 e. The molecule has 30 heavy (non-hydrogen) atoms. The minimum atomic E-state index is -0.319. The van der Waals surface area contributed by atoms with Crippen LogP contribution in [0.5, 0.6) is 0 Å². The van der Waals surface area contributed by atoms with Crippen LogP contribution in [0.2, 0.25) is 0 Å². The number of aliphatic hydroxyl groups is 2. The van der Waals surface area contributed by atoms with Crippen LogP contribution in [0.3, 0.4) is 0 Å². The number of hydrogen-bond acceptors (Lipinski definition) is 3. The van der Waals surface area contributed by atoms with Gasteiger partial charge in [0.15, 0.2) is 0 Å². The molecule has 6 rings (SSSR count). The van der Waals surface area contributed by atoms with Gasteiger partial charge < -0.3 is 14.9 Å². The van der Waals surface area contributed by atoms with Crippen molar-refractivity contribution in [3.05, 3.63) is 0 Å². The highest BCUT2D eigenvalue weighted by atomic mass is 16.5. The lowest BCUT2D eigenvalue weighted by atomic mass is 9.41. The first-order chi connectivity index (χ1) is 14.1. The first-order valence-corrected chi connectivity index (χ1v) is 13.1. The molecule has 5 saturated carbocycles. The number of aliphatic hydroxyl groups excluding tert-OH is 2. The Morgan fingerprint density at radius 1 is 0.833 bits per heavy atom. The molecule has 6 fully saturated rings. The molecule has 170 valence electrons. The van der Waals surface area contributed by atoms with Crippen LogP contribution in [0.1, 0.15) is 98.8 Å². The number of rotatable bonds is 1. The topological polar surface area (TPSA) is 49.7 Å². The van der Waals surface area contributed by atoms with E-state index in [1.54, 1.807) is 0 Å². The molecule has 0 aromatic carbocycles. The predicted octanol–water partition coefficient (Wildman–Crippen LogP) is 5.32. The molecule has 11 unspecified atom stereocenters. The highest BCUT2D eigenvalue weighted by molar-refractivity contribution is 5.32. The van der Waals surface area contributed by atoms with Gasteiger partial charge in [0, 0.05) is 5.41 Å². The maximum atomic E-state index is 11.9. The van der Waals surface area contributed by atoms with E-state index >= 15 is 0 Å². The van der Waals surface area contributed by atoms with E-state index in [0.29, 0.717) is 34.7 Å². The van der Waals surface area contributed by atoms with Crippen molar-refractivity contribution in [1.29, 1.82) is 0 Å². The Balaban J connectivity index is 1.39. The Hall–Kier alpha value is -0.120. The van der Waals surface area contributed by atoms with Gasteiger partial charge >= 0.3 is 0 Å². The fourth-order valence-corrected chi connectivity index (χ4v) is 11.1. The van der Waals surface area contributed by atoms with Crippen molar-refractivity contribution in [3.63, 3.8) is 0 Å². The van der Waals surface area contributed by atoms with Gasteiger partial charge in [-0.1, -0.05) is 34.6 Å². The molecule has 0 aromatic rings. The average Bonchev–Trinajstić information content (AvgIpc) is 3.36. The molecule has 2 N–H and O–H groups in total.